The van der Waals surface area contributed by atoms with Crippen molar-refractivity contribution in [3.63, 3.8) is 0 Å². The number of nitrogens with one attached hydrogen (secondary N) is 1. The fourth-order valence-corrected chi connectivity index (χ4v) is 1.56. The van der Waals surface area contributed by atoms with Gasteiger partial charge in [0.1, 0.15) is 0 Å². The molecule has 0 spiro atoms. The molecule has 0 aliphatic heterocycles. The highest BCUT2D eigenvalue weighted by atomic mass is 16.6. The Hall–Kier alpha value is -1.82. The number of nitrogens with zero attached hydrogens (tertiary/aromatic N) is 2. The van der Waals surface area contributed by atoms with E-state index in [-0.39, 0.29) is 6.04 Å². The fourth-order valence-electron chi connectivity index (χ4n) is 1.56. The summed E-state index contributed by atoms with van der Waals surface area (Å²) in [6, 6.07) is 3.80. The highest BCUT2D eigenvalue weighted by Gasteiger charge is 2.11. The Morgan fingerprint density at radius 2 is 2.19 bits per heavy atom. The minimum Gasteiger partial charge on any atom is -0.397 e. The number of nitrogen functional groups attached to an aromatic ring is 1. The average Bonchev–Trinajstić information content (AvgIpc) is 2.72. The van der Waals surface area contributed by atoms with Crippen LogP contribution in [0.5, 0.6) is 0 Å². The maximum absolute atomic E-state index is 5.74. The highest BCUT2D eigenvalue weighted by Crippen LogP contribution is 2.25. The SMILES string of the molecule is COCC(C)Nc1ccc(N)c2nonc12. The molecular formula is C10H14N4O2. The van der Waals surface area contributed by atoms with E-state index in [1.807, 2.05) is 13.0 Å². The van der Waals surface area contributed by atoms with E-state index in [0.717, 1.165) is 5.69 Å². The van der Waals surface area contributed by atoms with Gasteiger partial charge in [0.25, 0.3) is 0 Å². The Labute approximate surface area is 92.7 Å². The van der Waals surface area contributed by atoms with Gasteiger partial charge < -0.3 is 15.8 Å². The van der Waals surface area contributed by atoms with Gasteiger partial charge in [-0.25, -0.2) is 4.63 Å². The average molecular weight is 222 g/mol. The fraction of sp³-hybridized carbons (Fsp3) is 0.400. The first-order valence-electron chi connectivity index (χ1n) is 4.98. The summed E-state index contributed by atoms with van der Waals surface area (Å²) in [6.07, 6.45) is 0. The molecule has 0 amide bonds. The van der Waals surface area contributed by atoms with Crippen LogP contribution in [0.4, 0.5) is 11.4 Å². The Balaban J connectivity index is 2.31. The van der Waals surface area contributed by atoms with Crippen LogP contribution in [-0.4, -0.2) is 30.1 Å². The van der Waals surface area contributed by atoms with Crippen LogP contribution < -0.4 is 11.1 Å². The molecule has 0 aliphatic carbocycles. The summed E-state index contributed by atoms with van der Waals surface area (Å²) >= 11 is 0. The van der Waals surface area contributed by atoms with Gasteiger partial charge in [-0.15, -0.1) is 0 Å². The lowest BCUT2D eigenvalue weighted by molar-refractivity contribution is 0.190. The van der Waals surface area contributed by atoms with Crippen molar-refractivity contribution in [2.75, 3.05) is 24.8 Å². The third kappa shape index (κ3) is 1.92. The summed E-state index contributed by atoms with van der Waals surface area (Å²) in [7, 11) is 1.66. The lowest BCUT2D eigenvalue weighted by Crippen LogP contribution is -2.20. The number of benzene rings is 1. The van der Waals surface area contributed by atoms with Gasteiger partial charge in [-0.05, 0) is 29.4 Å². The quantitative estimate of drug-likeness (QED) is 0.757. The molecule has 6 heteroatoms. The molecule has 1 heterocycles. The second-order valence-electron chi connectivity index (χ2n) is 3.66. The van der Waals surface area contributed by atoms with Gasteiger partial charge in [-0.3, -0.25) is 0 Å². The molecule has 2 rings (SSSR count). The van der Waals surface area contributed by atoms with E-state index < -0.39 is 0 Å². The summed E-state index contributed by atoms with van der Waals surface area (Å²) < 4.78 is 9.72. The third-order valence-electron chi connectivity index (χ3n) is 2.27. The van der Waals surface area contributed by atoms with Crippen molar-refractivity contribution in [2.45, 2.75) is 13.0 Å². The van der Waals surface area contributed by atoms with Gasteiger partial charge in [0, 0.05) is 13.2 Å². The maximum atomic E-state index is 5.74. The van der Waals surface area contributed by atoms with Crippen molar-refractivity contribution in [3.05, 3.63) is 12.1 Å². The van der Waals surface area contributed by atoms with Gasteiger partial charge in [0.05, 0.1) is 18.0 Å². The second kappa shape index (κ2) is 4.36. The molecule has 86 valence electrons. The molecule has 1 unspecified atom stereocenters. The molecular weight excluding hydrogens is 208 g/mol. The zero-order valence-electron chi connectivity index (χ0n) is 9.23. The zero-order chi connectivity index (χ0) is 11.5. The number of rotatable bonds is 4. The molecule has 3 N–H and O–H groups in total. The van der Waals surface area contributed by atoms with Gasteiger partial charge in [0.15, 0.2) is 11.0 Å². The molecule has 0 fully saturated rings. The summed E-state index contributed by atoms with van der Waals surface area (Å²) in [5.74, 6) is 0. The van der Waals surface area contributed by atoms with E-state index >= 15 is 0 Å². The first-order valence-corrected chi connectivity index (χ1v) is 4.98. The number of ether oxygens (including phenoxy) is 1. The minimum atomic E-state index is 0.175. The van der Waals surface area contributed by atoms with Crippen molar-refractivity contribution in [2.24, 2.45) is 0 Å². The topological polar surface area (TPSA) is 86.2 Å². The van der Waals surface area contributed by atoms with Crippen LogP contribution in [-0.2, 0) is 4.74 Å². The predicted molar refractivity (Wildman–Crippen MR) is 61.2 cm³/mol. The molecule has 0 radical (unpaired) electrons. The maximum Gasteiger partial charge on any atom is 0.160 e. The lowest BCUT2D eigenvalue weighted by Gasteiger charge is -2.14. The van der Waals surface area contributed by atoms with Crippen LogP contribution >= 0.6 is 0 Å². The van der Waals surface area contributed by atoms with Crippen LogP contribution in [0, 0.1) is 0 Å². The van der Waals surface area contributed by atoms with Gasteiger partial charge >= 0.3 is 0 Å². The standard InChI is InChI=1S/C10H14N4O2/c1-6(5-15-2)12-8-4-3-7(11)9-10(8)14-16-13-9/h3-4,6,12H,5,11H2,1-2H3. The smallest absolute Gasteiger partial charge is 0.160 e. The van der Waals surface area contributed by atoms with E-state index in [2.05, 4.69) is 20.3 Å². The Kier molecular flexibility index (Phi) is 2.91. The van der Waals surface area contributed by atoms with E-state index in [0.29, 0.717) is 23.3 Å². The van der Waals surface area contributed by atoms with Gasteiger partial charge in [-0.2, -0.15) is 0 Å². The van der Waals surface area contributed by atoms with E-state index in [4.69, 9.17) is 10.5 Å². The first kappa shape index (κ1) is 10.7. The monoisotopic (exact) mass is 222 g/mol. The van der Waals surface area contributed by atoms with Crippen molar-refractivity contribution >= 4 is 22.4 Å². The number of hydrogen-bond acceptors (Lipinski definition) is 6. The molecule has 16 heavy (non-hydrogen) atoms. The summed E-state index contributed by atoms with van der Waals surface area (Å²) in [6.45, 7) is 2.62. The van der Waals surface area contributed by atoms with E-state index in [9.17, 15) is 0 Å². The number of anilines is 2. The Bertz CT molecular complexity index is 483. The molecule has 2 aromatic rings. The highest BCUT2D eigenvalue weighted by molar-refractivity contribution is 5.94. The molecule has 0 saturated carbocycles. The van der Waals surface area contributed by atoms with Crippen molar-refractivity contribution in [3.8, 4) is 0 Å². The normalized spacial score (nSPS) is 12.9. The number of nitrogens with two attached hydrogens (primary N) is 1. The lowest BCUT2D eigenvalue weighted by atomic mass is 10.2. The van der Waals surface area contributed by atoms with Crippen molar-refractivity contribution < 1.29 is 9.37 Å². The number of aromatic nitrogens is 2. The summed E-state index contributed by atoms with van der Waals surface area (Å²) in [5.41, 5.74) is 8.36. The Morgan fingerprint density at radius 1 is 1.44 bits per heavy atom. The molecule has 1 aromatic carbocycles. The number of methoxy groups -OCH3 is 1. The third-order valence-corrected chi connectivity index (χ3v) is 2.27. The number of fused-ring (bicyclic) bond motifs is 1. The molecule has 0 saturated heterocycles. The Morgan fingerprint density at radius 3 is 2.94 bits per heavy atom. The molecule has 0 aliphatic rings. The van der Waals surface area contributed by atoms with Crippen molar-refractivity contribution in [1.29, 1.82) is 0 Å². The van der Waals surface area contributed by atoms with E-state index in [1.165, 1.54) is 0 Å². The second-order valence-corrected chi connectivity index (χ2v) is 3.66. The van der Waals surface area contributed by atoms with Gasteiger partial charge in [0.2, 0.25) is 0 Å². The summed E-state index contributed by atoms with van der Waals surface area (Å²) in [4.78, 5) is 0. The van der Waals surface area contributed by atoms with Crippen LogP contribution in [0.1, 0.15) is 6.92 Å². The van der Waals surface area contributed by atoms with Crippen LogP contribution in [0.25, 0.3) is 11.0 Å². The molecule has 0 bridgehead atoms. The molecule has 1 aromatic heterocycles. The zero-order valence-corrected chi connectivity index (χ0v) is 9.23. The van der Waals surface area contributed by atoms with Crippen LogP contribution in [0.15, 0.2) is 16.8 Å². The van der Waals surface area contributed by atoms with Crippen molar-refractivity contribution in [1.82, 2.24) is 10.3 Å². The van der Waals surface area contributed by atoms with Crippen LogP contribution in [0.2, 0.25) is 0 Å². The molecule has 6 nitrogen and oxygen atoms in total. The first-order chi connectivity index (χ1) is 7.72. The minimum absolute atomic E-state index is 0.175. The van der Waals surface area contributed by atoms with Gasteiger partial charge in [-0.1, -0.05) is 0 Å². The summed E-state index contributed by atoms with van der Waals surface area (Å²) in [5, 5.41) is 10.8. The molecule has 1 atom stereocenters. The predicted octanol–water partition coefficient (Wildman–Crippen LogP) is 1.25. The van der Waals surface area contributed by atoms with Crippen LogP contribution in [0.3, 0.4) is 0 Å². The number of hydrogen-bond donors (Lipinski definition) is 2. The largest absolute Gasteiger partial charge is 0.397 e. The van der Waals surface area contributed by atoms with E-state index in [1.54, 1.807) is 13.2 Å².